The molecule has 1 aliphatic heterocycles. The van der Waals surface area contributed by atoms with Gasteiger partial charge >= 0.3 is 12.2 Å². The van der Waals surface area contributed by atoms with Crippen molar-refractivity contribution in [1.29, 1.82) is 0 Å². The van der Waals surface area contributed by atoms with Crippen LogP contribution in [0.1, 0.15) is 64.6 Å². The average Bonchev–Trinajstić information content (AvgIpc) is 3.53. The van der Waals surface area contributed by atoms with Crippen molar-refractivity contribution in [2.75, 3.05) is 44.5 Å². The van der Waals surface area contributed by atoms with E-state index in [9.17, 15) is 14.7 Å². The van der Waals surface area contributed by atoms with Gasteiger partial charge in [-0.2, -0.15) is 10.1 Å². The molecule has 0 fully saturated rings. The van der Waals surface area contributed by atoms with Crippen molar-refractivity contribution >= 4 is 81.8 Å². The molecule has 306 valence electrons. The topological polar surface area (TPSA) is 166 Å². The molecule has 1 aliphatic rings. The molecule has 0 radical (unpaired) electrons. The van der Waals surface area contributed by atoms with Crippen LogP contribution in [0, 0.1) is 3.70 Å². The first-order valence-corrected chi connectivity index (χ1v) is 22.4. The zero-order valence-corrected chi connectivity index (χ0v) is 36.9. The van der Waals surface area contributed by atoms with Crippen LogP contribution in [0.4, 0.5) is 21.4 Å². The van der Waals surface area contributed by atoms with Gasteiger partial charge in [-0.3, -0.25) is 15.0 Å². The number of nitrogens with one attached hydrogen (secondary N) is 2. The summed E-state index contributed by atoms with van der Waals surface area (Å²) in [6.45, 7) is 10.5. The van der Waals surface area contributed by atoms with Crippen LogP contribution in [0.2, 0.25) is 5.04 Å². The third-order valence-electron chi connectivity index (χ3n) is 10.4. The third-order valence-corrected chi connectivity index (χ3v) is 16.2. The Kier molecular flexibility index (Phi) is 13.7. The molecule has 0 bridgehead atoms. The summed E-state index contributed by atoms with van der Waals surface area (Å²) in [5.74, 6) is 1.22. The third kappa shape index (κ3) is 9.29. The number of halogens is 1. The highest BCUT2D eigenvalue weighted by atomic mass is 127. The van der Waals surface area contributed by atoms with E-state index in [-0.39, 0.29) is 17.0 Å². The SMILES string of the molecule is CCC[C@@H](CCO[Si](c1ccccc1)(c1ccccc1)C(C)(C)C)Nc1nc(NC(=O)OC)nc2c(I)nn(Cc3cnc(C4=CCN(C(=O)O)CC4)cc3OC)c12. The van der Waals surface area contributed by atoms with Crippen LogP contribution >= 0.6 is 22.6 Å². The zero-order valence-electron chi connectivity index (χ0n) is 33.8. The fourth-order valence-electron chi connectivity index (χ4n) is 7.59. The molecular formula is C42H51IN8O6Si. The number of nitrogens with zero attached hydrogens (tertiary/aromatic N) is 6. The molecule has 5 aromatic rings. The minimum Gasteiger partial charge on any atom is -0.496 e. The largest absolute Gasteiger partial charge is 0.496 e. The van der Waals surface area contributed by atoms with Gasteiger partial charge in [-0.05, 0) is 62.8 Å². The summed E-state index contributed by atoms with van der Waals surface area (Å²) in [5.41, 5.74) is 3.69. The lowest BCUT2D eigenvalue weighted by Gasteiger charge is -2.43. The molecule has 0 unspecified atom stereocenters. The maximum absolute atomic E-state index is 12.4. The molecule has 58 heavy (non-hydrogen) atoms. The minimum atomic E-state index is -2.76. The first kappa shape index (κ1) is 42.5. The molecular weight excluding hydrogens is 868 g/mol. The van der Waals surface area contributed by atoms with Crippen LogP contribution in [0.15, 0.2) is 79.0 Å². The van der Waals surface area contributed by atoms with Gasteiger partial charge in [-0.25, -0.2) is 14.6 Å². The van der Waals surface area contributed by atoms with Crippen LogP contribution < -0.4 is 25.7 Å². The predicted octanol–water partition coefficient (Wildman–Crippen LogP) is 7.38. The Morgan fingerprint density at radius 3 is 2.28 bits per heavy atom. The molecule has 0 saturated heterocycles. The molecule has 2 amide bonds. The fraction of sp³-hybridized carbons (Fsp3) is 0.381. The molecule has 0 aliphatic carbocycles. The molecule has 3 aromatic heterocycles. The summed E-state index contributed by atoms with van der Waals surface area (Å²) in [5, 5.41) is 22.9. The number of hydrogen-bond acceptors (Lipinski definition) is 10. The number of amides is 2. The Morgan fingerprint density at radius 2 is 1.71 bits per heavy atom. The van der Waals surface area contributed by atoms with Crippen LogP contribution in [0.25, 0.3) is 16.6 Å². The lowest BCUT2D eigenvalue weighted by atomic mass is 10.0. The highest BCUT2D eigenvalue weighted by Gasteiger charge is 2.50. The van der Waals surface area contributed by atoms with E-state index in [2.05, 4.69) is 109 Å². The van der Waals surface area contributed by atoms with Gasteiger partial charge in [0.1, 0.15) is 20.5 Å². The maximum Gasteiger partial charge on any atom is 0.413 e. The molecule has 4 heterocycles. The Bertz CT molecular complexity index is 2210. The van der Waals surface area contributed by atoms with E-state index in [0.717, 1.165) is 29.7 Å². The van der Waals surface area contributed by atoms with E-state index in [4.69, 9.17) is 34.0 Å². The highest BCUT2D eigenvalue weighted by Crippen LogP contribution is 2.37. The molecule has 2 aromatic carbocycles. The van der Waals surface area contributed by atoms with Crippen molar-refractivity contribution < 1.29 is 28.6 Å². The zero-order chi connectivity index (χ0) is 41.5. The Labute approximate surface area is 353 Å². The second-order valence-corrected chi connectivity index (χ2v) is 20.5. The average molecular weight is 919 g/mol. The van der Waals surface area contributed by atoms with Crippen molar-refractivity contribution in [2.45, 2.75) is 71.0 Å². The van der Waals surface area contributed by atoms with Crippen molar-refractivity contribution in [2.24, 2.45) is 0 Å². The monoisotopic (exact) mass is 918 g/mol. The molecule has 6 rings (SSSR count). The lowest BCUT2D eigenvalue weighted by molar-refractivity contribution is 0.150. The first-order chi connectivity index (χ1) is 27.9. The van der Waals surface area contributed by atoms with Gasteiger partial charge in [0.25, 0.3) is 8.32 Å². The summed E-state index contributed by atoms with van der Waals surface area (Å²) in [7, 11) is 0.139. The summed E-state index contributed by atoms with van der Waals surface area (Å²) < 4.78 is 20.5. The van der Waals surface area contributed by atoms with Crippen LogP contribution in [0.5, 0.6) is 5.75 Å². The van der Waals surface area contributed by atoms with E-state index >= 15 is 0 Å². The number of methoxy groups -OCH3 is 2. The fourth-order valence-corrected chi connectivity index (χ4v) is 12.8. The van der Waals surface area contributed by atoms with E-state index < -0.39 is 20.5 Å². The normalized spacial score (nSPS) is 13.8. The van der Waals surface area contributed by atoms with E-state index in [1.165, 1.54) is 22.4 Å². The first-order valence-electron chi connectivity index (χ1n) is 19.4. The van der Waals surface area contributed by atoms with Gasteiger partial charge in [0.15, 0.2) is 5.82 Å². The molecule has 0 saturated carbocycles. The van der Waals surface area contributed by atoms with E-state index in [0.29, 0.717) is 65.4 Å². The second kappa shape index (κ2) is 18.7. The lowest BCUT2D eigenvalue weighted by Crippen LogP contribution is -2.66. The summed E-state index contributed by atoms with van der Waals surface area (Å²) in [4.78, 5) is 39.4. The van der Waals surface area contributed by atoms with Gasteiger partial charge in [-0.15, -0.1) is 0 Å². The number of carboxylic acid groups (broad SMARTS) is 1. The summed E-state index contributed by atoms with van der Waals surface area (Å²) in [6.07, 6.45) is 5.03. The number of hydrogen-bond donors (Lipinski definition) is 3. The number of benzene rings is 2. The summed E-state index contributed by atoms with van der Waals surface area (Å²) >= 11 is 2.15. The van der Waals surface area contributed by atoms with E-state index in [1.807, 2.05) is 29.0 Å². The van der Waals surface area contributed by atoms with Crippen LogP contribution in [0.3, 0.4) is 0 Å². The van der Waals surface area contributed by atoms with Gasteiger partial charge < -0.3 is 29.2 Å². The Balaban J connectivity index is 1.33. The van der Waals surface area contributed by atoms with Crippen LogP contribution in [-0.2, 0) is 15.7 Å². The van der Waals surface area contributed by atoms with Crippen molar-refractivity contribution in [3.8, 4) is 5.75 Å². The quantitative estimate of drug-likeness (QED) is 0.0709. The summed E-state index contributed by atoms with van der Waals surface area (Å²) in [6, 6.07) is 23.1. The number of carbonyl (C=O) groups excluding carboxylic acids is 1. The van der Waals surface area contributed by atoms with Crippen LogP contribution in [-0.4, -0.2) is 95.2 Å². The number of carbonyl (C=O) groups is 2. The molecule has 0 spiro atoms. The van der Waals surface area contributed by atoms with Gasteiger partial charge in [0, 0.05) is 43.6 Å². The molecule has 3 N–H and O–H groups in total. The molecule has 16 heteroatoms. The highest BCUT2D eigenvalue weighted by molar-refractivity contribution is 14.1. The second-order valence-electron chi connectivity index (χ2n) is 15.2. The predicted molar refractivity (Wildman–Crippen MR) is 237 cm³/mol. The number of rotatable bonds is 15. The number of pyridine rings is 1. The van der Waals surface area contributed by atoms with Gasteiger partial charge in [0.2, 0.25) is 5.95 Å². The van der Waals surface area contributed by atoms with Gasteiger partial charge in [0.05, 0.1) is 26.5 Å². The number of aromatic nitrogens is 5. The smallest absolute Gasteiger partial charge is 0.413 e. The number of fused-ring (bicyclic) bond motifs is 1. The van der Waals surface area contributed by atoms with Crippen molar-refractivity contribution in [3.63, 3.8) is 0 Å². The molecule has 14 nitrogen and oxygen atoms in total. The van der Waals surface area contributed by atoms with Crippen molar-refractivity contribution in [1.82, 2.24) is 29.6 Å². The minimum absolute atomic E-state index is 0.0513. The van der Waals surface area contributed by atoms with E-state index in [1.54, 1.807) is 13.3 Å². The van der Waals surface area contributed by atoms with Crippen molar-refractivity contribution in [3.05, 3.63) is 94.0 Å². The standard InChI is InChI=1S/C42H51IN8O6Si/c1-7-14-30(21-24-57-58(42(2,3)4,31-15-10-8-11-16-31)32-17-12-9-13-18-32)45-38-36-35(46-39(47-38)48-40(52)56-6)37(43)49-51(36)27-29-26-44-33(25-34(29)55-5)28-19-22-50(23-20-28)41(53)54/h8-13,15-19,25-26,30H,7,14,20-24,27H2,1-6H3,(H,53,54)(H2,45,46,47,48,52)/t30-/m0/s1. The van der Waals surface area contributed by atoms with Gasteiger partial charge in [-0.1, -0.05) is 101 Å². The Morgan fingerprint density at radius 1 is 1.02 bits per heavy atom. The number of anilines is 2. The molecule has 1 atom stereocenters. The maximum atomic E-state index is 12.4. The number of ether oxygens (including phenoxy) is 2. The Hall–Kier alpha value is -5.07.